The summed E-state index contributed by atoms with van der Waals surface area (Å²) in [5.41, 5.74) is 0.852. The predicted molar refractivity (Wildman–Crippen MR) is 56.6 cm³/mol. The number of ether oxygens (including phenoxy) is 1. The van der Waals surface area contributed by atoms with Gasteiger partial charge in [-0.05, 0) is 12.1 Å². The summed E-state index contributed by atoms with van der Waals surface area (Å²) in [6, 6.07) is 4.60. The molecule has 0 unspecified atom stereocenters. The SMILES string of the molecule is Fc1cccc2[nH]c(CCOCC(F)F)nc12. The minimum Gasteiger partial charge on any atom is -0.375 e. The average molecular weight is 244 g/mol. The van der Waals surface area contributed by atoms with Crippen molar-refractivity contribution in [1.82, 2.24) is 9.97 Å². The summed E-state index contributed by atoms with van der Waals surface area (Å²) in [5, 5.41) is 0. The number of nitrogens with zero attached hydrogens (tertiary/aromatic N) is 1. The Labute approximate surface area is 95.6 Å². The minimum absolute atomic E-state index is 0.131. The molecular weight excluding hydrogens is 233 g/mol. The first-order valence-electron chi connectivity index (χ1n) is 5.16. The molecule has 0 aliphatic carbocycles. The van der Waals surface area contributed by atoms with Gasteiger partial charge in [0.15, 0.2) is 5.82 Å². The lowest BCUT2D eigenvalue weighted by Gasteiger charge is -2.00. The van der Waals surface area contributed by atoms with Crippen molar-refractivity contribution in [2.45, 2.75) is 12.8 Å². The van der Waals surface area contributed by atoms with E-state index in [0.29, 0.717) is 17.8 Å². The Morgan fingerprint density at radius 3 is 2.88 bits per heavy atom. The summed E-state index contributed by atoms with van der Waals surface area (Å²) >= 11 is 0. The van der Waals surface area contributed by atoms with Crippen molar-refractivity contribution in [3.8, 4) is 0 Å². The van der Waals surface area contributed by atoms with Crippen molar-refractivity contribution >= 4 is 11.0 Å². The quantitative estimate of drug-likeness (QED) is 0.821. The van der Waals surface area contributed by atoms with Crippen LogP contribution in [0, 0.1) is 5.82 Å². The number of hydrogen-bond donors (Lipinski definition) is 1. The van der Waals surface area contributed by atoms with Crippen LogP contribution in [0.15, 0.2) is 18.2 Å². The molecule has 0 spiro atoms. The number of rotatable bonds is 5. The number of para-hydroxylation sites is 1. The molecule has 2 rings (SSSR count). The van der Waals surface area contributed by atoms with Crippen LogP contribution in [0.3, 0.4) is 0 Å². The maximum Gasteiger partial charge on any atom is 0.261 e. The van der Waals surface area contributed by atoms with Crippen LogP contribution in [0.2, 0.25) is 0 Å². The molecule has 0 amide bonds. The lowest BCUT2D eigenvalue weighted by atomic mass is 10.3. The van der Waals surface area contributed by atoms with Crippen molar-refractivity contribution in [1.29, 1.82) is 0 Å². The minimum atomic E-state index is -2.47. The molecule has 1 N–H and O–H groups in total. The highest BCUT2D eigenvalue weighted by Crippen LogP contribution is 2.15. The summed E-state index contributed by atoms with van der Waals surface area (Å²) in [7, 11) is 0. The number of alkyl halides is 2. The van der Waals surface area contributed by atoms with Gasteiger partial charge < -0.3 is 9.72 Å². The molecule has 0 atom stereocenters. The molecule has 6 heteroatoms. The molecule has 17 heavy (non-hydrogen) atoms. The van der Waals surface area contributed by atoms with Crippen LogP contribution in [0.4, 0.5) is 13.2 Å². The van der Waals surface area contributed by atoms with E-state index in [1.165, 1.54) is 6.07 Å². The first kappa shape index (κ1) is 11.9. The molecule has 0 bridgehead atoms. The van der Waals surface area contributed by atoms with Gasteiger partial charge in [0.2, 0.25) is 0 Å². The third-order valence-corrected chi connectivity index (χ3v) is 2.24. The van der Waals surface area contributed by atoms with Crippen molar-refractivity contribution in [2.75, 3.05) is 13.2 Å². The highest BCUT2D eigenvalue weighted by atomic mass is 19.3. The highest BCUT2D eigenvalue weighted by molar-refractivity contribution is 5.75. The standard InChI is InChI=1S/C11H11F3N2O/c12-7-2-1-3-8-11(7)16-10(15-8)4-5-17-6-9(13)14/h1-3,9H,4-6H2,(H,15,16). The van der Waals surface area contributed by atoms with E-state index in [9.17, 15) is 13.2 Å². The molecule has 0 radical (unpaired) electrons. The van der Waals surface area contributed by atoms with E-state index in [-0.39, 0.29) is 12.1 Å². The average Bonchev–Trinajstić information content (AvgIpc) is 2.69. The van der Waals surface area contributed by atoms with Crippen LogP contribution in [-0.2, 0) is 11.2 Å². The molecule has 0 saturated heterocycles. The molecule has 2 aromatic rings. The monoisotopic (exact) mass is 244 g/mol. The lowest BCUT2D eigenvalue weighted by Crippen LogP contribution is -2.07. The fourth-order valence-corrected chi connectivity index (χ4v) is 1.51. The summed E-state index contributed by atoms with van der Waals surface area (Å²) in [5.74, 6) is 0.123. The Morgan fingerprint density at radius 2 is 2.18 bits per heavy atom. The topological polar surface area (TPSA) is 37.9 Å². The Hall–Kier alpha value is -1.56. The van der Waals surface area contributed by atoms with E-state index in [0.717, 1.165) is 0 Å². The van der Waals surface area contributed by atoms with Gasteiger partial charge in [-0.15, -0.1) is 0 Å². The van der Waals surface area contributed by atoms with E-state index >= 15 is 0 Å². The van der Waals surface area contributed by atoms with Crippen LogP contribution in [-0.4, -0.2) is 29.6 Å². The summed E-state index contributed by atoms with van der Waals surface area (Å²) in [6.45, 7) is -0.458. The number of nitrogens with one attached hydrogen (secondary N) is 1. The zero-order chi connectivity index (χ0) is 12.3. The van der Waals surface area contributed by atoms with E-state index < -0.39 is 18.8 Å². The van der Waals surface area contributed by atoms with Crippen molar-refractivity contribution < 1.29 is 17.9 Å². The molecule has 1 aromatic carbocycles. The van der Waals surface area contributed by atoms with Crippen molar-refractivity contribution in [3.05, 3.63) is 29.8 Å². The first-order valence-corrected chi connectivity index (χ1v) is 5.16. The van der Waals surface area contributed by atoms with Crippen LogP contribution in [0.1, 0.15) is 5.82 Å². The fourth-order valence-electron chi connectivity index (χ4n) is 1.51. The van der Waals surface area contributed by atoms with Gasteiger partial charge in [-0.1, -0.05) is 6.07 Å². The second-order valence-corrected chi connectivity index (χ2v) is 3.54. The summed E-state index contributed by atoms with van der Waals surface area (Å²) < 4.78 is 41.6. The maximum atomic E-state index is 13.3. The fraction of sp³-hybridized carbons (Fsp3) is 0.364. The number of benzene rings is 1. The van der Waals surface area contributed by atoms with E-state index in [1.807, 2.05) is 0 Å². The van der Waals surface area contributed by atoms with Gasteiger partial charge in [-0.25, -0.2) is 18.2 Å². The Kier molecular flexibility index (Phi) is 3.63. The zero-order valence-corrected chi connectivity index (χ0v) is 8.92. The van der Waals surface area contributed by atoms with Crippen molar-refractivity contribution in [2.24, 2.45) is 0 Å². The van der Waals surface area contributed by atoms with Gasteiger partial charge in [0.05, 0.1) is 12.1 Å². The van der Waals surface area contributed by atoms with Gasteiger partial charge in [0.25, 0.3) is 6.43 Å². The molecule has 3 nitrogen and oxygen atoms in total. The zero-order valence-electron chi connectivity index (χ0n) is 8.92. The molecule has 1 aromatic heterocycles. The Balaban J connectivity index is 1.98. The first-order chi connectivity index (χ1) is 8.16. The number of H-pyrrole nitrogens is 1. The number of hydrogen-bond acceptors (Lipinski definition) is 2. The smallest absolute Gasteiger partial charge is 0.261 e. The normalized spacial score (nSPS) is 11.5. The van der Waals surface area contributed by atoms with Gasteiger partial charge in [-0.3, -0.25) is 0 Å². The van der Waals surface area contributed by atoms with Crippen molar-refractivity contribution in [3.63, 3.8) is 0 Å². The van der Waals surface area contributed by atoms with Gasteiger partial charge in [-0.2, -0.15) is 0 Å². The highest BCUT2D eigenvalue weighted by Gasteiger charge is 2.07. The summed E-state index contributed by atoms with van der Waals surface area (Å²) in [6.07, 6.45) is -2.12. The summed E-state index contributed by atoms with van der Waals surface area (Å²) in [4.78, 5) is 6.94. The maximum absolute atomic E-state index is 13.3. The molecule has 0 aliphatic rings. The van der Waals surface area contributed by atoms with Gasteiger partial charge >= 0.3 is 0 Å². The van der Waals surface area contributed by atoms with Crippen LogP contribution >= 0.6 is 0 Å². The number of fused-ring (bicyclic) bond motifs is 1. The lowest BCUT2D eigenvalue weighted by molar-refractivity contribution is 0.0183. The number of imidazole rings is 1. The molecular formula is C11H11F3N2O. The predicted octanol–water partition coefficient (Wildman–Crippen LogP) is 2.53. The Bertz CT molecular complexity index is 498. The second-order valence-electron chi connectivity index (χ2n) is 3.54. The van der Waals surface area contributed by atoms with E-state index in [4.69, 9.17) is 4.74 Å². The molecule has 0 saturated carbocycles. The molecule has 0 aliphatic heterocycles. The van der Waals surface area contributed by atoms with Gasteiger partial charge in [0, 0.05) is 6.42 Å². The van der Waals surface area contributed by atoms with E-state index in [2.05, 4.69) is 9.97 Å². The second kappa shape index (κ2) is 5.18. The number of halogens is 3. The van der Waals surface area contributed by atoms with E-state index in [1.54, 1.807) is 12.1 Å². The van der Waals surface area contributed by atoms with Gasteiger partial charge in [0.1, 0.15) is 17.9 Å². The number of aromatic nitrogens is 2. The largest absolute Gasteiger partial charge is 0.375 e. The molecule has 1 heterocycles. The third-order valence-electron chi connectivity index (χ3n) is 2.24. The number of aromatic amines is 1. The van der Waals surface area contributed by atoms with Crippen LogP contribution in [0.5, 0.6) is 0 Å². The van der Waals surface area contributed by atoms with Crippen LogP contribution in [0.25, 0.3) is 11.0 Å². The Morgan fingerprint density at radius 1 is 1.35 bits per heavy atom. The third kappa shape index (κ3) is 2.97. The molecule has 0 fully saturated rings. The molecule has 92 valence electrons. The van der Waals surface area contributed by atoms with Crippen LogP contribution < -0.4 is 0 Å².